The Bertz CT molecular complexity index is 682. The van der Waals surface area contributed by atoms with Crippen LogP contribution in [-0.2, 0) is 16.1 Å². The second kappa shape index (κ2) is 10.1. The molecule has 0 unspecified atom stereocenters. The summed E-state index contributed by atoms with van der Waals surface area (Å²) in [6.07, 6.45) is 1.78. The van der Waals surface area contributed by atoms with E-state index in [1.165, 1.54) is 6.92 Å². The van der Waals surface area contributed by atoms with Crippen LogP contribution in [0.2, 0.25) is 0 Å². The number of ether oxygens (including phenoxy) is 2. The maximum atomic E-state index is 11.9. The van der Waals surface area contributed by atoms with Gasteiger partial charge >= 0.3 is 0 Å². The van der Waals surface area contributed by atoms with Gasteiger partial charge in [-0.05, 0) is 36.4 Å². The molecule has 7 nitrogen and oxygen atoms in total. The first-order chi connectivity index (χ1) is 12.6. The van der Waals surface area contributed by atoms with Crippen LogP contribution in [0.15, 0.2) is 47.1 Å². The van der Waals surface area contributed by atoms with E-state index in [2.05, 4.69) is 5.32 Å². The van der Waals surface area contributed by atoms with Gasteiger partial charge in [0.25, 0.3) is 0 Å². The molecule has 1 aromatic heterocycles. The van der Waals surface area contributed by atoms with Gasteiger partial charge in [-0.1, -0.05) is 0 Å². The fourth-order valence-electron chi connectivity index (χ4n) is 2.30. The number of rotatable bonds is 10. The molecule has 0 spiro atoms. The number of furan rings is 1. The molecule has 7 heteroatoms. The van der Waals surface area contributed by atoms with E-state index >= 15 is 0 Å². The number of benzene rings is 1. The number of hydrogen-bond donors (Lipinski definition) is 1. The summed E-state index contributed by atoms with van der Waals surface area (Å²) in [5.74, 6) is 1.91. The minimum Gasteiger partial charge on any atom is -0.497 e. The first kappa shape index (κ1) is 19.4. The highest BCUT2D eigenvalue weighted by molar-refractivity contribution is 5.77. The second-order valence-electron chi connectivity index (χ2n) is 5.64. The van der Waals surface area contributed by atoms with Crippen LogP contribution < -0.4 is 14.8 Å². The van der Waals surface area contributed by atoms with E-state index in [1.54, 1.807) is 54.7 Å². The maximum Gasteiger partial charge on any atom is 0.222 e. The highest BCUT2D eigenvalue weighted by Crippen LogP contribution is 2.16. The lowest BCUT2D eigenvalue weighted by molar-refractivity contribution is -0.130. The van der Waals surface area contributed by atoms with E-state index in [9.17, 15) is 9.59 Å². The number of carbonyl (C=O) groups excluding carboxylic acids is 2. The fraction of sp³-hybridized carbons (Fsp3) is 0.368. The van der Waals surface area contributed by atoms with Crippen LogP contribution in [0.5, 0.6) is 11.5 Å². The van der Waals surface area contributed by atoms with Gasteiger partial charge < -0.3 is 24.1 Å². The molecule has 2 rings (SSSR count). The molecule has 0 bridgehead atoms. The van der Waals surface area contributed by atoms with Crippen LogP contribution in [0.4, 0.5) is 0 Å². The van der Waals surface area contributed by atoms with Crippen molar-refractivity contribution in [2.24, 2.45) is 0 Å². The molecule has 1 N–H and O–H groups in total. The Morgan fingerprint density at radius 1 is 1.12 bits per heavy atom. The molecule has 140 valence electrons. The van der Waals surface area contributed by atoms with Crippen LogP contribution in [0.25, 0.3) is 0 Å². The van der Waals surface area contributed by atoms with Crippen molar-refractivity contribution in [1.82, 2.24) is 10.2 Å². The van der Waals surface area contributed by atoms with Gasteiger partial charge in [-0.25, -0.2) is 0 Å². The number of carbonyl (C=O) groups is 2. The monoisotopic (exact) mass is 360 g/mol. The van der Waals surface area contributed by atoms with E-state index in [0.717, 1.165) is 5.75 Å². The molecule has 0 aliphatic carbocycles. The lowest BCUT2D eigenvalue weighted by Crippen LogP contribution is -2.36. The van der Waals surface area contributed by atoms with Crippen molar-refractivity contribution in [3.63, 3.8) is 0 Å². The number of nitrogens with one attached hydrogen (secondary N) is 1. The van der Waals surface area contributed by atoms with Gasteiger partial charge in [-0.15, -0.1) is 0 Å². The third kappa shape index (κ3) is 6.51. The smallest absolute Gasteiger partial charge is 0.222 e. The number of hydrogen-bond acceptors (Lipinski definition) is 5. The second-order valence-corrected chi connectivity index (χ2v) is 5.64. The molecule has 2 aromatic rings. The first-order valence-electron chi connectivity index (χ1n) is 8.40. The van der Waals surface area contributed by atoms with Gasteiger partial charge in [0.2, 0.25) is 11.8 Å². The Kier molecular flexibility index (Phi) is 7.54. The van der Waals surface area contributed by atoms with Crippen molar-refractivity contribution in [1.29, 1.82) is 0 Å². The molecule has 0 aliphatic rings. The summed E-state index contributed by atoms with van der Waals surface area (Å²) in [7, 11) is 1.60. The third-order valence-corrected chi connectivity index (χ3v) is 3.78. The average Bonchev–Trinajstić information content (AvgIpc) is 3.16. The lowest BCUT2D eigenvalue weighted by Gasteiger charge is -2.21. The predicted molar refractivity (Wildman–Crippen MR) is 95.9 cm³/mol. The van der Waals surface area contributed by atoms with Gasteiger partial charge in [0.15, 0.2) is 0 Å². The maximum absolute atomic E-state index is 11.9. The quantitative estimate of drug-likeness (QED) is 0.703. The van der Waals surface area contributed by atoms with Gasteiger partial charge in [-0.2, -0.15) is 0 Å². The van der Waals surface area contributed by atoms with Crippen LogP contribution >= 0.6 is 0 Å². The number of nitrogens with zero attached hydrogens (tertiary/aromatic N) is 1. The standard InChI is InChI=1S/C19H24N2O5/c1-15(22)21(10-9-19(23)20-14-18-4-3-12-25-18)11-13-26-17-7-5-16(24-2)6-8-17/h3-8,12H,9-11,13-14H2,1-2H3,(H,20,23). The Balaban J connectivity index is 1.70. The molecular weight excluding hydrogens is 336 g/mol. The van der Waals surface area contributed by atoms with Crippen LogP contribution in [0, 0.1) is 0 Å². The minimum absolute atomic E-state index is 0.0952. The Labute approximate surface area is 152 Å². The topological polar surface area (TPSA) is 81.0 Å². The minimum atomic E-state index is -0.135. The Morgan fingerprint density at radius 2 is 1.85 bits per heavy atom. The molecule has 0 aliphatic heterocycles. The zero-order chi connectivity index (χ0) is 18.8. The largest absolute Gasteiger partial charge is 0.497 e. The summed E-state index contributed by atoms with van der Waals surface area (Å²) in [6.45, 7) is 2.92. The van der Waals surface area contributed by atoms with Crippen LogP contribution in [0.3, 0.4) is 0 Å². The third-order valence-electron chi connectivity index (χ3n) is 3.78. The van der Waals surface area contributed by atoms with Crippen molar-refractivity contribution >= 4 is 11.8 Å². The molecule has 0 saturated carbocycles. The van der Waals surface area contributed by atoms with E-state index in [1.807, 2.05) is 0 Å². The Morgan fingerprint density at radius 3 is 2.46 bits per heavy atom. The van der Waals surface area contributed by atoms with Crippen LogP contribution in [-0.4, -0.2) is 43.5 Å². The summed E-state index contributed by atoms with van der Waals surface area (Å²) in [4.78, 5) is 25.2. The van der Waals surface area contributed by atoms with E-state index < -0.39 is 0 Å². The average molecular weight is 360 g/mol. The normalized spacial score (nSPS) is 10.2. The van der Waals surface area contributed by atoms with Crippen molar-refractivity contribution in [3.8, 4) is 11.5 Å². The molecule has 2 amide bonds. The zero-order valence-corrected chi connectivity index (χ0v) is 15.1. The predicted octanol–water partition coefficient (Wildman–Crippen LogP) is 2.22. The summed E-state index contributed by atoms with van der Waals surface area (Å²) in [6, 6.07) is 10.8. The number of methoxy groups -OCH3 is 1. The summed E-state index contributed by atoms with van der Waals surface area (Å²) in [5, 5.41) is 2.76. The first-order valence-corrected chi connectivity index (χ1v) is 8.40. The molecule has 0 saturated heterocycles. The highest BCUT2D eigenvalue weighted by Gasteiger charge is 2.11. The molecule has 1 heterocycles. The summed E-state index contributed by atoms with van der Waals surface area (Å²) >= 11 is 0. The molecule has 0 radical (unpaired) electrons. The number of amides is 2. The van der Waals surface area contributed by atoms with E-state index in [0.29, 0.717) is 37.8 Å². The van der Waals surface area contributed by atoms with Gasteiger partial charge in [0.1, 0.15) is 23.9 Å². The summed E-state index contributed by atoms with van der Waals surface area (Å²) < 4.78 is 15.9. The van der Waals surface area contributed by atoms with Gasteiger partial charge in [0.05, 0.1) is 26.5 Å². The Hall–Kier alpha value is -2.96. The molecule has 1 aromatic carbocycles. The van der Waals surface area contributed by atoms with Crippen molar-refractivity contribution in [2.45, 2.75) is 19.9 Å². The fourth-order valence-corrected chi connectivity index (χ4v) is 2.30. The van der Waals surface area contributed by atoms with Crippen LogP contribution in [0.1, 0.15) is 19.1 Å². The van der Waals surface area contributed by atoms with E-state index in [4.69, 9.17) is 13.9 Å². The SMILES string of the molecule is COc1ccc(OCCN(CCC(=O)NCc2ccco2)C(C)=O)cc1. The lowest BCUT2D eigenvalue weighted by atomic mass is 10.3. The molecule has 26 heavy (non-hydrogen) atoms. The van der Waals surface area contributed by atoms with Gasteiger partial charge in [0, 0.05) is 19.9 Å². The van der Waals surface area contributed by atoms with Gasteiger partial charge in [-0.3, -0.25) is 9.59 Å². The van der Waals surface area contributed by atoms with Crippen molar-refractivity contribution in [3.05, 3.63) is 48.4 Å². The summed E-state index contributed by atoms with van der Waals surface area (Å²) in [5.41, 5.74) is 0. The van der Waals surface area contributed by atoms with Crippen molar-refractivity contribution in [2.75, 3.05) is 26.8 Å². The molecule has 0 atom stereocenters. The molecular formula is C19H24N2O5. The zero-order valence-electron chi connectivity index (χ0n) is 15.1. The van der Waals surface area contributed by atoms with E-state index in [-0.39, 0.29) is 18.2 Å². The van der Waals surface area contributed by atoms with Crippen molar-refractivity contribution < 1.29 is 23.5 Å². The highest BCUT2D eigenvalue weighted by atomic mass is 16.5. The molecule has 0 fully saturated rings.